The number of hydrogen-bond donors (Lipinski definition) is 0. The van der Waals surface area contributed by atoms with Gasteiger partial charge >= 0.3 is 0 Å². The zero-order chi connectivity index (χ0) is 25.0. The molecule has 0 bridgehead atoms. The lowest BCUT2D eigenvalue weighted by Gasteiger charge is -2.34. The van der Waals surface area contributed by atoms with Crippen LogP contribution in [0.15, 0.2) is 36.4 Å². The molecule has 0 radical (unpaired) electrons. The van der Waals surface area contributed by atoms with E-state index in [1.54, 1.807) is 30.9 Å². The van der Waals surface area contributed by atoms with Crippen molar-refractivity contribution in [2.24, 2.45) is 5.92 Å². The van der Waals surface area contributed by atoms with Crippen LogP contribution >= 0.6 is 0 Å². The maximum absolute atomic E-state index is 14.9. The molecule has 0 unspecified atom stereocenters. The number of rotatable bonds is 7. The molecule has 2 aliphatic rings. The highest BCUT2D eigenvalue weighted by Gasteiger charge is 2.26. The quantitative estimate of drug-likeness (QED) is 0.472. The summed E-state index contributed by atoms with van der Waals surface area (Å²) in [7, 11) is 0. The first-order valence-corrected chi connectivity index (χ1v) is 12.6. The third-order valence-electron chi connectivity index (χ3n) is 6.88. The lowest BCUT2D eigenvalue weighted by atomic mass is 9.96. The number of nitrogens with zero attached hydrogens (tertiary/aromatic N) is 2. The second kappa shape index (κ2) is 11.0. The minimum Gasteiger partial charge on any atom is -0.490 e. The fourth-order valence-corrected chi connectivity index (χ4v) is 5.00. The summed E-state index contributed by atoms with van der Waals surface area (Å²) in [4.78, 5) is 16.5. The third-order valence-corrected chi connectivity index (χ3v) is 6.88. The first-order valence-electron chi connectivity index (χ1n) is 12.6. The molecule has 1 amide bonds. The number of benzene rings is 2. The predicted molar refractivity (Wildman–Crippen MR) is 131 cm³/mol. The minimum atomic E-state index is -1.21. The summed E-state index contributed by atoms with van der Waals surface area (Å²) >= 11 is 0. The van der Waals surface area contributed by atoms with Crippen LogP contribution in [0.1, 0.15) is 56.3 Å². The largest absolute Gasteiger partial charge is 0.490 e. The number of hydrogen-bond acceptors (Lipinski definition) is 3. The molecular formula is C28H35F3N2O2. The molecule has 0 atom stereocenters. The topological polar surface area (TPSA) is 32.8 Å². The Morgan fingerprint density at radius 1 is 0.971 bits per heavy atom. The summed E-state index contributed by atoms with van der Waals surface area (Å²) in [5, 5.41) is 0. The molecule has 7 heteroatoms. The summed E-state index contributed by atoms with van der Waals surface area (Å²) in [5.74, 6) is -0.839. The van der Waals surface area contributed by atoms with Crippen molar-refractivity contribution in [2.75, 3.05) is 39.3 Å². The molecule has 35 heavy (non-hydrogen) atoms. The van der Waals surface area contributed by atoms with Gasteiger partial charge in [-0.15, -0.1) is 0 Å². The Kier molecular flexibility index (Phi) is 8.05. The maximum Gasteiger partial charge on any atom is 0.253 e. The van der Waals surface area contributed by atoms with Gasteiger partial charge in [0.1, 0.15) is 11.5 Å². The van der Waals surface area contributed by atoms with Gasteiger partial charge in [0.2, 0.25) is 0 Å². The van der Waals surface area contributed by atoms with Crippen LogP contribution in [0.3, 0.4) is 0 Å². The Balaban J connectivity index is 1.34. The highest BCUT2D eigenvalue weighted by atomic mass is 19.1. The van der Waals surface area contributed by atoms with E-state index in [0.29, 0.717) is 37.4 Å². The van der Waals surface area contributed by atoms with E-state index in [2.05, 4.69) is 4.90 Å². The van der Waals surface area contributed by atoms with Crippen LogP contribution in [0.25, 0.3) is 11.1 Å². The summed E-state index contributed by atoms with van der Waals surface area (Å²) < 4.78 is 49.2. The SMILES string of the molecule is CC(C)(F)CN1CCC(COc2ccc(-c3ccc(C(=O)N4CCCCC4)cc3F)cc2F)CC1. The number of alkyl halides is 1. The zero-order valence-electron chi connectivity index (χ0n) is 20.7. The number of carbonyl (C=O) groups is 1. The van der Waals surface area contributed by atoms with Crippen molar-refractivity contribution in [1.82, 2.24) is 9.80 Å². The third kappa shape index (κ3) is 6.78. The van der Waals surface area contributed by atoms with Crippen LogP contribution in [-0.4, -0.2) is 60.7 Å². The van der Waals surface area contributed by atoms with Crippen molar-refractivity contribution in [3.05, 3.63) is 53.6 Å². The van der Waals surface area contributed by atoms with E-state index in [-0.39, 0.29) is 23.1 Å². The van der Waals surface area contributed by atoms with Gasteiger partial charge in [-0.2, -0.15) is 0 Å². The second-order valence-corrected chi connectivity index (χ2v) is 10.4. The number of carbonyl (C=O) groups excluding carboxylic acids is 1. The molecule has 190 valence electrons. The molecule has 2 aliphatic heterocycles. The number of likely N-dealkylation sites (tertiary alicyclic amines) is 2. The van der Waals surface area contributed by atoms with Gasteiger partial charge in [-0.3, -0.25) is 4.79 Å². The highest BCUT2D eigenvalue weighted by Crippen LogP contribution is 2.30. The summed E-state index contributed by atoms with van der Waals surface area (Å²) in [6, 6.07) is 8.81. The molecule has 0 saturated carbocycles. The Bertz CT molecular complexity index is 1020. The van der Waals surface area contributed by atoms with E-state index >= 15 is 0 Å². The number of amides is 1. The molecule has 2 heterocycles. The van der Waals surface area contributed by atoms with Gasteiger partial charge in [-0.05, 0) is 94.8 Å². The van der Waals surface area contributed by atoms with Crippen LogP contribution in [0.2, 0.25) is 0 Å². The summed E-state index contributed by atoms with van der Waals surface area (Å²) in [6.07, 6.45) is 4.81. The van der Waals surface area contributed by atoms with E-state index in [1.807, 2.05) is 0 Å². The molecular weight excluding hydrogens is 453 g/mol. The van der Waals surface area contributed by atoms with Crippen LogP contribution in [-0.2, 0) is 0 Å². The average molecular weight is 489 g/mol. The Morgan fingerprint density at radius 3 is 2.31 bits per heavy atom. The first kappa shape index (κ1) is 25.5. The molecule has 0 aliphatic carbocycles. The summed E-state index contributed by atoms with van der Waals surface area (Å²) in [6.45, 7) is 6.99. The van der Waals surface area contributed by atoms with E-state index in [4.69, 9.17) is 4.74 Å². The van der Waals surface area contributed by atoms with E-state index in [9.17, 15) is 18.0 Å². The van der Waals surface area contributed by atoms with Crippen LogP contribution in [0, 0.1) is 17.6 Å². The normalized spacial score (nSPS) is 18.0. The maximum atomic E-state index is 14.9. The lowest BCUT2D eigenvalue weighted by molar-refractivity contribution is 0.0723. The molecule has 0 N–H and O–H groups in total. The highest BCUT2D eigenvalue weighted by molar-refractivity contribution is 5.94. The average Bonchev–Trinajstić information content (AvgIpc) is 2.83. The van der Waals surface area contributed by atoms with Gasteiger partial charge in [0.25, 0.3) is 5.91 Å². The van der Waals surface area contributed by atoms with Crippen molar-refractivity contribution >= 4 is 5.91 Å². The fraction of sp³-hybridized carbons (Fsp3) is 0.536. The predicted octanol–water partition coefficient (Wildman–Crippen LogP) is 6.10. The molecule has 2 aromatic rings. The van der Waals surface area contributed by atoms with Crippen LogP contribution in [0.5, 0.6) is 5.75 Å². The van der Waals surface area contributed by atoms with Crippen LogP contribution in [0.4, 0.5) is 13.2 Å². The van der Waals surface area contributed by atoms with Gasteiger partial charge in [0.15, 0.2) is 11.6 Å². The van der Waals surface area contributed by atoms with Crippen molar-refractivity contribution in [2.45, 2.75) is 51.6 Å². The number of ether oxygens (including phenoxy) is 1. The second-order valence-electron chi connectivity index (χ2n) is 10.4. The van der Waals surface area contributed by atoms with Gasteiger partial charge in [-0.25, -0.2) is 13.2 Å². The molecule has 2 aromatic carbocycles. The van der Waals surface area contributed by atoms with E-state index in [1.165, 1.54) is 24.3 Å². The Hall–Kier alpha value is -2.54. The monoisotopic (exact) mass is 488 g/mol. The first-order chi connectivity index (χ1) is 16.7. The van der Waals surface area contributed by atoms with Crippen molar-refractivity contribution in [3.8, 4) is 16.9 Å². The molecule has 4 nitrogen and oxygen atoms in total. The Morgan fingerprint density at radius 2 is 1.69 bits per heavy atom. The standard InChI is InChI=1S/C28H35F3N2O2/c1-28(2,31)19-32-14-10-20(11-15-32)18-35-26-9-7-21(16-25(26)30)23-8-6-22(17-24(23)29)27(34)33-12-4-3-5-13-33/h6-9,16-17,20H,3-5,10-15,18-19H2,1-2H3. The number of piperidine rings is 2. The van der Waals surface area contributed by atoms with Crippen molar-refractivity contribution in [3.63, 3.8) is 0 Å². The van der Waals surface area contributed by atoms with Gasteiger partial charge < -0.3 is 14.5 Å². The molecule has 0 spiro atoms. The van der Waals surface area contributed by atoms with E-state index in [0.717, 1.165) is 45.2 Å². The molecule has 2 saturated heterocycles. The van der Waals surface area contributed by atoms with E-state index < -0.39 is 17.3 Å². The summed E-state index contributed by atoms with van der Waals surface area (Å²) in [5.41, 5.74) is -0.258. The number of halogens is 3. The van der Waals surface area contributed by atoms with Gasteiger partial charge in [0.05, 0.1) is 6.61 Å². The fourth-order valence-electron chi connectivity index (χ4n) is 5.00. The molecule has 0 aromatic heterocycles. The smallest absolute Gasteiger partial charge is 0.253 e. The Labute approximate surface area is 206 Å². The zero-order valence-corrected chi connectivity index (χ0v) is 20.7. The van der Waals surface area contributed by atoms with Crippen molar-refractivity contribution in [1.29, 1.82) is 0 Å². The van der Waals surface area contributed by atoms with Gasteiger partial charge in [0, 0.05) is 30.8 Å². The lowest BCUT2D eigenvalue weighted by Crippen LogP contribution is -2.41. The van der Waals surface area contributed by atoms with Crippen LogP contribution < -0.4 is 4.74 Å². The molecule has 2 fully saturated rings. The van der Waals surface area contributed by atoms with Crippen molar-refractivity contribution < 1.29 is 22.7 Å². The molecule has 4 rings (SSSR count). The minimum absolute atomic E-state index is 0.137. The van der Waals surface area contributed by atoms with Gasteiger partial charge in [-0.1, -0.05) is 12.1 Å².